The van der Waals surface area contributed by atoms with Crippen molar-refractivity contribution in [2.75, 3.05) is 10.2 Å². The van der Waals surface area contributed by atoms with Gasteiger partial charge < -0.3 is 5.32 Å². The molecule has 3 aromatic carbocycles. The fourth-order valence-electron chi connectivity index (χ4n) is 3.62. The standard InChI is InChI=1S/C24H14ClFN2O2S/c25-17-13-15(10-11-18(17)26)28-23(29)21(20-9-4-12-31-20)22(24(28)30)27-19-8-3-6-14-5-1-2-7-16(14)19/h1-13,27H. The van der Waals surface area contributed by atoms with Gasteiger partial charge in [0.15, 0.2) is 0 Å². The Kier molecular flexibility index (Phi) is 4.81. The number of fused-ring (bicyclic) bond motifs is 1. The number of imide groups is 1. The smallest absolute Gasteiger partial charge is 0.282 e. The number of hydrogen-bond donors (Lipinski definition) is 1. The Morgan fingerprint density at radius 2 is 1.71 bits per heavy atom. The lowest BCUT2D eigenvalue weighted by atomic mass is 10.1. The molecule has 0 atom stereocenters. The molecule has 5 rings (SSSR count). The number of halogens is 2. The van der Waals surface area contributed by atoms with Crippen LogP contribution in [0.25, 0.3) is 16.3 Å². The van der Waals surface area contributed by atoms with Gasteiger partial charge in [0.1, 0.15) is 11.5 Å². The van der Waals surface area contributed by atoms with E-state index in [1.807, 2.05) is 53.9 Å². The van der Waals surface area contributed by atoms with E-state index in [0.717, 1.165) is 21.7 Å². The van der Waals surface area contributed by atoms with Crippen LogP contribution in [0.5, 0.6) is 0 Å². The normalized spacial score (nSPS) is 14.1. The van der Waals surface area contributed by atoms with Gasteiger partial charge in [-0.15, -0.1) is 11.3 Å². The molecule has 4 aromatic rings. The van der Waals surface area contributed by atoms with E-state index >= 15 is 0 Å². The highest BCUT2D eigenvalue weighted by Crippen LogP contribution is 2.37. The molecule has 0 saturated carbocycles. The first kappa shape index (κ1) is 19.5. The van der Waals surface area contributed by atoms with Crippen molar-refractivity contribution in [2.45, 2.75) is 0 Å². The Morgan fingerprint density at radius 3 is 2.48 bits per heavy atom. The van der Waals surface area contributed by atoms with E-state index in [1.165, 1.54) is 23.5 Å². The molecule has 0 bridgehead atoms. The van der Waals surface area contributed by atoms with Crippen LogP contribution in [0.15, 0.2) is 83.9 Å². The van der Waals surface area contributed by atoms with Crippen LogP contribution in [-0.4, -0.2) is 11.8 Å². The predicted molar refractivity (Wildman–Crippen MR) is 123 cm³/mol. The van der Waals surface area contributed by atoms with Crippen LogP contribution in [0, 0.1) is 5.82 Å². The van der Waals surface area contributed by atoms with E-state index in [9.17, 15) is 14.0 Å². The number of amides is 2. The molecule has 0 saturated heterocycles. The van der Waals surface area contributed by atoms with E-state index in [4.69, 9.17) is 11.6 Å². The van der Waals surface area contributed by atoms with Crippen molar-refractivity contribution in [3.8, 4) is 0 Å². The summed E-state index contributed by atoms with van der Waals surface area (Å²) in [6.07, 6.45) is 0. The van der Waals surface area contributed by atoms with Crippen LogP contribution in [0.1, 0.15) is 4.88 Å². The summed E-state index contributed by atoms with van der Waals surface area (Å²) in [5.74, 6) is -1.63. The maximum atomic E-state index is 13.7. The zero-order chi connectivity index (χ0) is 21.5. The first-order valence-electron chi connectivity index (χ1n) is 9.41. The van der Waals surface area contributed by atoms with Crippen LogP contribution in [-0.2, 0) is 9.59 Å². The van der Waals surface area contributed by atoms with Crippen molar-refractivity contribution < 1.29 is 14.0 Å². The third-order valence-corrected chi connectivity index (χ3v) is 6.24. The van der Waals surface area contributed by atoms with E-state index in [-0.39, 0.29) is 22.0 Å². The summed E-state index contributed by atoms with van der Waals surface area (Å²) in [5.41, 5.74) is 1.37. The van der Waals surface area contributed by atoms with E-state index in [1.54, 1.807) is 6.07 Å². The van der Waals surface area contributed by atoms with Gasteiger partial charge in [0.25, 0.3) is 11.8 Å². The lowest BCUT2D eigenvalue weighted by molar-refractivity contribution is -0.120. The third kappa shape index (κ3) is 3.30. The number of carbonyl (C=O) groups excluding carboxylic acids is 2. The first-order valence-corrected chi connectivity index (χ1v) is 10.7. The minimum absolute atomic E-state index is 0.161. The Hall–Kier alpha value is -3.48. The second-order valence-corrected chi connectivity index (χ2v) is 8.28. The Balaban J connectivity index is 1.64. The molecule has 0 aliphatic carbocycles. The number of thiophene rings is 1. The molecule has 1 aliphatic heterocycles. The highest BCUT2D eigenvalue weighted by atomic mass is 35.5. The van der Waals surface area contributed by atoms with Gasteiger partial charge in [-0.2, -0.15) is 0 Å². The minimum Gasteiger partial charge on any atom is -0.350 e. The van der Waals surface area contributed by atoms with Crippen molar-refractivity contribution in [3.63, 3.8) is 0 Å². The fourth-order valence-corrected chi connectivity index (χ4v) is 4.57. The lowest BCUT2D eigenvalue weighted by Gasteiger charge is -2.16. The summed E-state index contributed by atoms with van der Waals surface area (Å²) < 4.78 is 13.7. The van der Waals surface area contributed by atoms with Gasteiger partial charge in [-0.3, -0.25) is 9.59 Å². The van der Waals surface area contributed by atoms with Gasteiger partial charge in [0.05, 0.1) is 16.3 Å². The summed E-state index contributed by atoms with van der Waals surface area (Å²) in [6, 6.07) is 20.9. The van der Waals surface area contributed by atoms with E-state index in [0.29, 0.717) is 10.6 Å². The number of benzene rings is 3. The van der Waals surface area contributed by atoms with Gasteiger partial charge in [0, 0.05) is 16.0 Å². The van der Waals surface area contributed by atoms with Crippen molar-refractivity contribution >= 4 is 62.5 Å². The second-order valence-electron chi connectivity index (χ2n) is 6.92. The average Bonchev–Trinajstić information content (AvgIpc) is 3.37. The Morgan fingerprint density at radius 1 is 0.903 bits per heavy atom. The van der Waals surface area contributed by atoms with Crippen molar-refractivity contribution in [1.29, 1.82) is 0 Å². The lowest BCUT2D eigenvalue weighted by Crippen LogP contribution is -2.32. The molecule has 0 radical (unpaired) electrons. The fraction of sp³-hybridized carbons (Fsp3) is 0. The molecule has 1 aromatic heterocycles. The molecular formula is C24H14ClFN2O2S. The molecule has 0 spiro atoms. The molecular weight excluding hydrogens is 435 g/mol. The maximum absolute atomic E-state index is 13.7. The van der Waals surface area contributed by atoms with Gasteiger partial charge in [0.2, 0.25) is 0 Å². The molecule has 2 heterocycles. The maximum Gasteiger partial charge on any atom is 0.282 e. The first-order chi connectivity index (χ1) is 15.0. The molecule has 4 nitrogen and oxygen atoms in total. The average molecular weight is 449 g/mol. The zero-order valence-corrected chi connectivity index (χ0v) is 17.5. The number of anilines is 2. The van der Waals surface area contributed by atoms with Crippen molar-refractivity contribution in [3.05, 3.63) is 99.6 Å². The molecule has 1 N–H and O–H groups in total. The van der Waals surface area contributed by atoms with Crippen molar-refractivity contribution in [1.82, 2.24) is 0 Å². The summed E-state index contributed by atoms with van der Waals surface area (Å²) in [6.45, 7) is 0. The summed E-state index contributed by atoms with van der Waals surface area (Å²) in [4.78, 5) is 28.4. The third-order valence-electron chi connectivity index (χ3n) is 5.06. The van der Waals surface area contributed by atoms with E-state index in [2.05, 4.69) is 5.32 Å². The molecule has 2 amide bonds. The molecule has 0 fully saturated rings. The predicted octanol–water partition coefficient (Wildman–Crippen LogP) is 6.09. The molecule has 31 heavy (non-hydrogen) atoms. The highest BCUT2D eigenvalue weighted by Gasteiger charge is 2.41. The number of rotatable bonds is 4. The largest absolute Gasteiger partial charge is 0.350 e. The van der Waals surface area contributed by atoms with Gasteiger partial charge in [-0.25, -0.2) is 9.29 Å². The van der Waals surface area contributed by atoms with Crippen LogP contribution in [0.3, 0.4) is 0 Å². The molecule has 7 heteroatoms. The van der Waals surface area contributed by atoms with Crippen molar-refractivity contribution in [2.24, 2.45) is 0 Å². The van der Waals surface area contributed by atoms with Gasteiger partial charge in [-0.05, 0) is 41.1 Å². The van der Waals surface area contributed by atoms with Crippen LogP contribution >= 0.6 is 22.9 Å². The molecule has 0 unspecified atom stereocenters. The van der Waals surface area contributed by atoms with Gasteiger partial charge >= 0.3 is 0 Å². The monoisotopic (exact) mass is 448 g/mol. The summed E-state index contributed by atoms with van der Waals surface area (Å²) in [7, 11) is 0. The minimum atomic E-state index is -0.620. The second kappa shape index (κ2) is 7.65. The number of nitrogens with zero attached hydrogens (tertiary/aromatic N) is 1. The molecule has 152 valence electrons. The van der Waals surface area contributed by atoms with Crippen LogP contribution < -0.4 is 10.2 Å². The van der Waals surface area contributed by atoms with Gasteiger partial charge in [-0.1, -0.05) is 54.1 Å². The van der Waals surface area contributed by atoms with Crippen LogP contribution in [0.4, 0.5) is 15.8 Å². The van der Waals surface area contributed by atoms with Crippen LogP contribution in [0.2, 0.25) is 5.02 Å². The quantitative estimate of drug-likeness (QED) is 0.384. The number of hydrogen-bond acceptors (Lipinski definition) is 4. The van der Waals surface area contributed by atoms with E-state index < -0.39 is 17.6 Å². The SMILES string of the molecule is O=C1C(Nc2cccc3ccccc23)=C(c2cccs2)C(=O)N1c1ccc(F)c(Cl)c1. The Bertz CT molecular complexity index is 1380. The zero-order valence-electron chi connectivity index (χ0n) is 15.9. The number of nitrogens with one attached hydrogen (secondary N) is 1. The topological polar surface area (TPSA) is 49.4 Å². The molecule has 1 aliphatic rings. The summed E-state index contributed by atoms with van der Waals surface area (Å²) in [5, 5.41) is 6.80. The highest BCUT2D eigenvalue weighted by molar-refractivity contribution is 7.11. The Labute approximate surface area is 186 Å². The summed E-state index contributed by atoms with van der Waals surface area (Å²) >= 11 is 7.27. The number of carbonyl (C=O) groups is 2.